The first kappa shape index (κ1) is 24.6. The molecule has 1 unspecified atom stereocenters. The van der Waals surface area contributed by atoms with Crippen LogP contribution in [0.25, 0.3) is 0 Å². The molecule has 0 heterocycles. The molecule has 0 aromatic heterocycles. The van der Waals surface area contributed by atoms with Crippen LogP contribution < -0.4 is 10.6 Å². The lowest BCUT2D eigenvalue weighted by Crippen LogP contribution is -2.44. The number of hydrogen-bond donors (Lipinski definition) is 2. The average molecular weight is 454 g/mol. The van der Waals surface area contributed by atoms with Gasteiger partial charge < -0.3 is 20.1 Å². The summed E-state index contributed by atoms with van der Waals surface area (Å²) < 4.78 is 45.8. The number of carbonyl (C=O) groups is 4. The first-order valence-corrected chi connectivity index (χ1v) is 9.58. The number of anilines is 1. The standard InChI is InChI=1S/C16H17F3N2O6S2/c1-26-13(23)7-12(22)21-11(14(24)27-2)8-28-15(25)20-9-3-5-10(6-4-9)29-16(17,18)19/h3-6,11H,7-8H2,1-2H3,(H,20,25)(H,21,22). The van der Waals surface area contributed by atoms with Crippen molar-refractivity contribution >= 4 is 52.3 Å². The van der Waals surface area contributed by atoms with Gasteiger partial charge >= 0.3 is 17.4 Å². The fourth-order valence-corrected chi connectivity index (χ4v) is 3.08. The van der Waals surface area contributed by atoms with E-state index in [0.717, 1.165) is 14.2 Å². The Morgan fingerprint density at radius 3 is 2.21 bits per heavy atom. The van der Waals surface area contributed by atoms with E-state index in [-0.39, 0.29) is 28.1 Å². The molecule has 0 aliphatic rings. The molecule has 160 valence electrons. The van der Waals surface area contributed by atoms with Gasteiger partial charge in [0.15, 0.2) is 0 Å². The van der Waals surface area contributed by atoms with Crippen LogP contribution in [0, 0.1) is 0 Å². The minimum absolute atomic E-state index is 0.0396. The van der Waals surface area contributed by atoms with Crippen molar-refractivity contribution in [3.63, 3.8) is 0 Å². The molecule has 0 saturated heterocycles. The van der Waals surface area contributed by atoms with Gasteiger partial charge in [-0.2, -0.15) is 13.2 Å². The van der Waals surface area contributed by atoms with Crippen molar-refractivity contribution < 1.29 is 41.8 Å². The van der Waals surface area contributed by atoms with E-state index in [9.17, 15) is 32.3 Å². The molecule has 0 spiro atoms. The second kappa shape index (κ2) is 11.6. The van der Waals surface area contributed by atoms with Gasteiger partial charge in [-0.25, -0.2) is 4.79 Å². The zero-order chi connectivity index (χ0) is 22.0. The molecule has 8 nitrogen and oxygen atoms in total. The summed E-state index contributed by atoms with van der Waals surface area (Å²) in [4.78, 5) is 46.5. The van der Waals surface area contributed by atoms with Crippen LogP contribution in [-0.2, 0) is 23.9 Å². The Bertz CT molecular complexity index is 743. The van der Waals surface area contributed by atoms with E-state index < -0.39 is 41.1 Å². The summed E-state index contributed by atoms with van der Waals surface area (Å²) in [7, 11) is 2.19. The Hall–Kier alpha value is -2.41. The summed E-state index contributed by atoms with van der Waals surface area (Å²) in [5.74, 6) is -2.61. The van der Waals surface area contributed by atoms with E-state index in [1.807, 2.05) is 0 Å². The second-order valence-corrected chi connectivity index (χ2v) is 7.32. The van der Waals surface area contributed by atoms with Gasteiger partial charge in [-0.3, -0.25) is 14.4 Å². The number of thioether (sulfide) groups is 2. The van der Waals surface area contributed by atoms with E-state index in [2.05, 4.69) is 20.1 Å². The number of nitrogens with one attached hydrogen (secondary N) is 2. The molecule has 0 bridgehead atoms. The third-order valence-electron chi connectivity index (χ3n) is 3.07. The summed E-state index contributed by atoms with van der Waals surface area (Å²) in [5.41, 5.74) is -4.17. The summed E-state index contributed by atoms with van der Waals surface area (Å²) in [6.45, 7) is 0. The van der Waals surface area contributed by atoms with E-state index in [1.54, 1.807) is 0 Å². The number of methoxy groups -OCH3 is 2. The predicted molar refractivity (Wildman–Crippen MR) is 100 cm³/mol. The summed E-state index contributed by atoms with van der Waals surface area (Å²) in [6, 6.07) is 3.79. The van der Waals surface area contributed by atoms with Crippen molar-refractivity contribution in [2.75, 3.05) is 25.3 Å². The Balaban J connectivity index is 2.59. The number of halogens is 3. The summed E-state index contributed by atoms with van der Waals surface area (Å²) in [6.07, 6.45) is -0.608. The van der Waals surface area contributed by atoms with E-state index in [1.165, 1.54) is 24.3 Å². The first-order valence-electron chi connectivity index (χ1n) is 7.77. The Labute approximate surface area is 172 Å². The van der Waals surface area contributed by atoms with Gasteiger partial charge in [-0.1, -0.05) is 11.8 Å². The van der Waals surface area contributed by atoms with Crippen molar-refractivity contribution in [2.45, 2.75) is 22.9 Å². The number of carbonyl (C=O) groups excluding carboxylic acids is 4. The van der Waals surface area contributed by atoms with Crippen LogP contribution in [-0.4, -0.2) is 54.6 Å². The van der Waals surface area contributed by atoms with Crippen molar-refractivity contribution in [3.05, 3.63) is 24.3 Å². The molecule has 1 atom stereocenters. The maximum absolute atomic E-state index is 12.3. The highest BCUT2D eigenvalue weighted by molar-refractivity contribution is 8.13. The molecule has 29 heavy (non-hydrogen) atoms. The molecular weight excluding hydrogens is 437 g/mol. The largest absolute Gasteiger partial charge is 0.469 e. The average Bonchev–Trinajstić information content (AvgIpc) is 2.64. The van der Waals surface area contributed by atoms with Gasteiger partial charge in [0.25, 0.3) is 5.24 Å². The van der Waals surface area contributed by atoms with Gasteiger partial charge in [-0.15, -0.1) is 0 Å². The number of amides is 2. The fourth-order valence-electron chi connectivity index (χ4n) is 1.81. The Morgan fingerprint density at radius 2 is 1.69 bits per heavy atom. The minimum Gasteiger partial charge on any atom is -0.469 e. The molecular formula is C16H17F3N2O6S2. The van der Waals surface area contributed by atoms with Crippen LogP contribution in [0.4, 0.5) is 23.7 Å². The Morgan fingerprint density at radius 1 is 1.07 bits per heavy atom. The number of alkyl halides is 3. The number of ether oxygens (including phenoxy) is 2. The SMILES string of the molecule is COC(=O)CC(=O)NC(CSC(=O)Nc1ccc(SC(F)(F)F)cc1)C(=O)OC. The van der Waals surface area contributed by atoms with Crippen molar-refractivity contribution in [2.24, 2.45) is 0 Å². The lowest BCUT2D eigenvalue weighted by molar-refractivity contribution is -0.147. The molecule has 2 amide bonds. The molecule has 0 fully saturated rings. The van der Waals surface area contributed by atoms with Crippen LogP contribution in [0.5, 0.6) is 0 Å². The maximum Gasteiger partial charge on any atom is 0.446 e. The van der Waals surface area contributed by atoms with E-state index in [0.29, 0.717) is 11.8 Å². The minimum atomic E-state index is -4.41. The number of hydrogen-bond acceptors (Lipinski definition) is 8. The summed E-state index contributed by atoms with van der Waals surface area (Å²) >= 11 is 0.354. The molecule has 0 saturated carbocycles. The fraction of sp³-hybridized carbons (Fsp3) is 0.375. The van der Waals surface area contributed by atoms with Crippen molar-refractivity contribution in [1.82, 2.24) is 5.32 Å². The second-order valence-electron chi connectivity index (χ2n) is 5.19. The molecule has 2 N–H and O–H groups in total. The highest BCUT2D eigenvalue weighted by atomic mass is 32.2. The number of rotatable bonds is 8. The quantitative estimate of drug-likeness (QED) is 0.351. The van der Waals surface area contributed by atoms with E-state index in [4.69, 9.17) is 0 Å². The summed E-state index contributed by atoms with van der Waals surface area (Å²) in [5, 5.41) is 4.08. The van der Waals surface area contributed by atoms with Crippen LogP contribution in [0.2, 0.25) is 0 Å². The van der Waals surface area contributed by atoms with Gasteiger partial charge in [0.05, 0.1) is 14.2 Å². The van der Waals surface area contributed by atoms with Gasteiger partial charge in [0.1, 0.15) is 12.5 Å². The molecule has 0 aliphatic carbocycles. The molecule has 0 radical (unpaired) electrons. The zero-order valence-corrected chi connectivity index (χ0v) is 16.8. The molecule has 0 aliphatic heterocycles. The normalized spacial score (nSPS) is 11.9. The third-order valence-corrected chi connectivity index (χ3v) is 4.67. The topological polar surface area (TPSA) is 111 Å². The maximum atomic E-state index is 12.3. The van der Waals surface area contributed by atoms with Crippen LogP contribution >= 0.6 is 23.5 Å². The lowest BCUT2D eigenvalue weighted by atomic mass is 10.3. The van der Waals surface area contributed by atoms with E-state index >= 15 is 0 Å². The highest BCUT2D eigenvalue weighted by Crippen LogP contribution is 2.37. The zero-order valence-electron chi connectivity index (χ0n) is 15.2. The first-order chi connectivity index (χ1) is 13.5. The van der Waals surface area contributed by atoms with Crippen molar-refractivity contribution in [3.8, 4) is 0 Å². The molecule has 1 aromatic carbocycles. The molecule has 1 aromatic rings. The van der Waals surface area contributed by atoms with Gasteiger partial charge in [0.2, 0.25) is 5.91 Å². The van der Waals surface area contributed by atoms with Crippen LogP contribution in [0.1, 0.15) is 6.42 Å². The van der Waals surface area contributed by atoms with Gasteiger partial charge in [-0.05, 0) is 36.0 Å². The third kappa shape index (κ3) is 10.1. The van der Waals surface area contributed by atoms with Crippen molar-refractivity contribution in [1.29, 1.82) is 0 Å². The van der Waals surface area contributed by atoms with Crippen LogP contribution in [0.15, 0.2) is 29.2 Å². The highest BCUT2D eigenvalue weighted by Gasteiger charge is 2.29. The number of benzene rings is 1. The molecule has 13 heteroatoms. The van der Waals surface area contributed by atoms with Crippen LogP contribution in [0.3, 0.4) is 0 Å². The van der Waals surface area contributed by atoms with Gasteiger partial charge in [0, 0.05) is 16.3 Å². The number of esters is 2. The monoisotopic (exact) mass is 454 g/mol. The lowest BCUT2D eigenvalue weighted by Gasteiger charge is -2.15. The molecule has 1 rings (SSSR count). The Kier molecular flexibility index (Phi) is 9.81. The predicted octanol–water partition coefficient (Wildman–Crippen LogP) is 2.78. The smallest absolute Gasteiger partial charge is 0.446 e.